The Balaban J connectivity index is 1.89. The van der Waals surface area contributed by atoms with E-state index < -0.39 is 11.7 Å². The number of methoxy groups -OCH3 is 1. The number of likely N-dealkylation sites (tertiary alicyclic amines) is 1. The SMILES string of the molecule is C=Cc1cc(CC(=O)N2CCC(NC(=O)OC(C)(C)C)C2)ccc1OC. The minimum Gasteiger partial charge on any atom is -0.496 e. The molecule has 0 radical (unpaired) electrons. The van der Waals surface area contributed by atoms with E-state index in [1.807, 2.05) is 39.0 Å². The molecule has 26 heavy (non-hydrogen) atoms. The Morgan fingerprint density at radius 3 is 2.73 bits per heavy atom. The minimum atomic E-state index is -0.532. The van der Waals surface area contributed by atoms with Crippen molar-refractivity contribution in [3.8, 4) is 5.75 Å². The molecule has 0 bridgehead atoms. The number of alkyl carbamates (subject to hydrolysis) is 1. The van der Waals surface area contributed by atoms with E-state index in [1.165, 1.54) is 0 Å². The second-order valence-corrected chi connectivity index (χ2v) is 7.43. The van der Waals surface area contributed by atoms with E-state index in [9.17, 15) is 9.59 Å². The average Bonchev–Trinajstić information content (AvgIpc) is 3.01. The quantitative estimate of drug-likeness (QED) is 0.876. The summed E-state index contributed by atoms with van der Waals surface area (Å²) in [5.74, 6) is 0.776. The van der Waals surface area contributed by atoms with Crippen molar-refractivity contribution >= 4 is 18.1 Å². The van der Waals surface area contributed by atoms with E-state index >= 15 is 0 Å². The van der Waals surface area contributed by atoms with E-state index in [0.29, 0.717) is 19.5 Å². The average molecular weight is 360 g/mol. The fourth-order valence-corrected chi connectivity index (χ4v) is 2.92. The lowest BCUT2D eigenvalue weighted by Gasteiger charge is -2.22. The van der Waals surface area contributed by atoms with Gasteiger partial charge in [0.05, 0.1) is 19.6 Å². The maximum atomic E-state index is 12.6. The van der Waals surface area contributed by atoms with Gasteiger partial charge in [-0.1, -0.05) is 18.7 Å². The molecule has 0 aromatic heterocycles. The number of rotatable bonds is 5. The third kappa shape index (κ3) is 5.51. The molecule has 1 atom stereocenters. The Morgan fingerprint density at radius 2 is 2.12 bits per heavy atom. The zero-order chi connectivity index (χ0) is 19.3. The van der Waals surface area contributed by atoms with Crippen LogP contribution in [0.25, 0.3) is 6.08 Å². The van der Waals surface area contributed by atoms with Gasteiger partial charge >= 0.3 is 6.09 Å². The molecule has 6 heteroatoms. The van der Waals surface area contributed by atoms with E-state index in [4.69, 9.17) is 9.47 Å². The largest absolute Gasteiger partial charge is 0.496 e. The van der Waals surface area contributed by atoms with Gasteiger partial charge in [0.2, 0.25) is 5.91 Å². The van der Waals surface area contributed by atoms with Crippen LogP contribution >= 0.6 is 0 Å². The van der Waals surface area contributed by atoms with Crippen molar-refractivity contribution in [3.63, 3.8) is 0 Å². The highest BCUT2D eigenvalue weighted by atomic mass is 16.6. The molecule has 1 aromatic carbocycles. The predicted molar refractivity (Wildman–Crippen MR) is 101 cm³/mol. The van der Waals surface area contributed by atoms with Crippen molar-refractivity contribution in [2.45, 2.75) is 45.3 Å². The second-order valence-electron chi connectivity index (χ2n) is 7.43. The van der Waals surface area contributed by atoms with Crippen molar-refractivity contribution in [1.82, 2.24) is 10.2 Å². The van der Waals surface area contributed by atoms with Crippen molar-refractivity contribution in [3.05, 3.63) is 35.9 Å². The van der Waals surface area contributed by atoms with Gasteiger partial charge in [-0.2, -0.15) is 0 Å². The number of ether oxygens (including phenoxy) is 2. The lowest BCUT2D eigenvalue weighted by molar-refractivity contribution is -0.129. The molecule has 1 N–H and O–H groups in total. The van der Waals surface area contributed by atoms with Crippen molar-refractivity contribution in [2.75, 3.05) is 20.2 Å². The summed E-state index contributed by atoms with van der Waals surface area (Å²) in [5, 5.41) is 2.83. The van der Waals surface area contributed by atoms with Crippen molar-refractivity contribution in [2.24, 2.45) is 0 Å². The third-order valence-corrected chi connectivity index (χ3v) is 4.13. The highest BCUT2D eigenvalue weighted by Gasteiger charge is 2.28. The number of hydrogen-bond donors (Lipinski definition) is 1. The Hall–Kier alpha value is -2.50. The first-order valence-electron chi connectivity index (χ1n) is 8.78. The Labute approximate surface area is 155 Å². The van der Waals surface area contributed by atoms with Crippen LogP contribution in [0.2, 0.25) is 0 Å². The van der Waals surface area contributed by atoms with Crippen LogP contribution in [-0.4, -0.2) is 48.7 Å². The summed E-state index contributed by atoms with van der Waals surface area (Å²) in [7, 11) is 1.61. The first kappa shape index (κ1) is 19.8. The highest BCUT2D eigenvalue weighted by Crippen LogP contribution is 2.22. The molecular formula is C20H28N2O4. The molecule has 0 spiro atoms. The molecule has 0 aliphatic carbocycles. The van der Waals surface area contributed by atoms with Crippen LogP contribution in [0, 0.1) is 0 Å². The fraction of sp³-hybridized carbons (Fsp3) is 0.500. The molecule has 2 amide bonds. The summed E-state index contributed by atoms with van der Waals surface area (Å²) in [5.41, 5.74) is 1.24. The van der Waals surface area contributed by atoms with Gasteiger partial charge in [0.1, 0.15) is 11.4 Å². The predicted octanol–water partition coefficient (Wildman–Crippen LogP) is 3.01. The number of hydrogen-bond acceptors (Lipinski definition) is 4. The zero-order valence-electron chi connectivity index (χ0n) is 16.0. The first-order chi connectivity index (χ1) is 12.2. The van der Waals surface area contributed by atoms with Crippen LogP contribution in [0.3, 0.4) is 0 Å². The first-order valence-corrected chi connectivity index (χ1v) is 8.78. The number of carbonyl (C=O) groups is 2. The normalized spacial score (nSPS) is 16.9. The molecule has 2 rings (SSSR count). The molecule has 1 aliphatic heterocycles. The Bertz CT molecular complexity index is 679. The summed E-state index contributed by atoms with van der Waals surface area (Å²) in [6.45, 7) is 10.4. The maximum Gasteiger partial charge on any atom is 0.407 e. The number of carbonyl (C=O) groups excluding carboxylic acids is 2. The van der Waals surface area contributed by atoms with Crippen molar-refractivity contribution in [1.29, 1.82) is 0 Å². The molecule has 0 saturated carbocycles. The van der Waals surface area contributed by atoms with Crippen LogP contribution in [-0.2, 0) is 16.0 Å². The molecule has 1 aliphatic rings. The summed E-state index contributed by atoms with van der Waals surface area (Å²) in [6, 6.07) is 5.57. The van der Waals surface area contributed by atoms with E-state index in [1.54, 1.807) is 18.1 Å². The van der Waals surface area contributed by atoms with Crippen LogP contribution in [0.5, 0.6) is 5.75 Å². The maximum absolute atomic E-state index is 12.6. The smallest absolute Gasteiger partial charge is 0.407 e. The topological polar surface area (TPSA) is 67.9 Å². The van der Waals surface area contributed by atoms with Gasteiger partial charge in [0, 0.05) is 18.7 Å². The number of nitrogens with zero attached hydrogens (tertiary/aromatic N) is 1. The van der Waals surface area contributed by atoms with Gasteiger partial charge < -0.3 is 19.7 Å². The van der Waals surface area contributed by atoms with Crippen LogP contribution in [0.4, 0.5) is 4.79 Å². The van der Waals surface area contributed by atoms with E-state index in [2.05, 4.69) is 11.9 Å². The van der Waals surface area contributed by atoms with Gasteiger partial charge in [-0.05, 0) is 44.9 Å². The van der Waals surface area contributed by atoms with E-state index in [0.717, 1.165) is 23.3 Å². The van der Waals surface area contributed by atoms with Gasteiger partial charge in [0.25, 0.3) is 0 Å². The standard InChI is InChI=1S/C20H28N2O4/c1-6-15-11-14(7-8-17(15)25-5)12-18(23)22-10-9-16(13-22)21-19(24)26-20(2,3)4/h6-8,11,16H,1,9-10,12-13H2,2-5H3,(H,21,24). The van der Waals surface area contributed by atoms with E-state index in [-0.39, 0.29) is 11.9 Å². The lowest BCUT2D eigenvalue weighted by atomic mass is 10.1. The highest BCUT2D eigenvalue weighted by molar-refractivity contribution is 5.79. The molecule has 1 fully saturated rings. The molecule has 142 valence electrons. The van der Waals surface area contributed by atoms with Gasteiger partial charge in [-0.25, -0.2) is 4.79 Å². The van der Waals surface area contributed by atoms with Crippen LogP contribution in [0.15, 0.2) is 24.8 Å². The molecular weight excluding hydrogens is 332 g/mol. The summed E-state index contributed by atoms with van der Waals surface area (Å²) < 4.78 is 10.5. The molecule has 6 nitrogen and oxygen atoms in total. The lowest BCUT2D eigenvalue weighted by Crippen LogP contribution is -2.41. The van der Waals surface area contributed by atoms with Crippen LogP contribution < -0.4 is 10.1 Å². The second kappa shape index (κ2) is 8.25. The molecule has 1 aromatic rings. The molecule has 1 unspecified atom stereocenters. The minimum absolute atomic E-state index is 0.0404. The molecule has 1 saturated heterocycles. The summed E-state index contributed by atoms with van der Waals surface area (Å²) in [4.78, 5) is 26.2. The van der Waals surface area contributed by atoms with Crippen LogP contribution in [0.1, 0.15) is 38.3 Å². The third-order valence-electron chi connectivity index (χ3n) is 4.13. The number of amides is 2. The van der Waals surface area contributed by atoms with Gasteiger partial charge in [-0.3, -0.25) is 4.79 Å². The summed E-state index contributed by atoms with van der Waals surface area (Å²) in [6.07, 6.45) is 2.31. The number of benzene rings is 1. The monoisotopic (exact) mass is 360 g/mol. The zero-order valence-corrected chi connectivity index (χ0v) is 16.0. The Kier molecular flexibility index (Phi) is 6.29. The van der Waals surface area contributed by atoms with Gasteiger partial charge in [0.15, 0.2) is 0 Å². The molecule has 1 heterocycles. The van der Waals surface area contributed by atoms with Gasteiger partial charge in [-0.15, -0.1) is 0 Å². The Morgan fingerprint density at radius 1 is 1.38 bits per heavy atom. The fourth-order valence-electron chi connectivity index (χ4n) is 2.92. The number of nitrogens with one attached hydrogen (secondary N) is 1. The van der Waals surface area contributed by atoms with Crippen molar-refractivity contribution < 1.29 is 19.1 Å². The summed E-state index contributed by atoms with van der Waals surface area (Å²) >= 11 is 0.